The molecule has 1 aromatic heterocycles. The molecule has 0 aliphatic carbocycles. The topological polar surface area (TPSA) is 39.9 Å². The van der Waals surface area contributed by atoms with Gasteiger partial charge in [-0.25, -0.2) is 0 Å². The predicted octanol–water partition coefficient (Wildman–Crippen LogP) is 2.51. The number of rotatable bonds is 2. The summed E-state index contributed by atoms with van der Waals surface area (Å²) in [6.45, 7) is 0. The van der Waals surface area contributed by atoms with E-state index in [0.29, 0.717) is 11.3 Å². The van der Waals surface area contributed by atoms with E-state index in [1.165, 1.54) is 14.2 Å². The Bertz CT molecular complexity index is 546. The van der Waals surface area contributed by atoms with Crippen LogP contribution >= 0.6 is 0 Å². The van der Waals surface area contributed by atoms with Gasteiger partial charge in [0, 0.05) is 12.6 Å². The molecule has 7 heteroatoms. The highest BCUT2D eigenvalue weighted by Gasteiger charge is 2.37. The molecule has 0 atom stereocenters. The molecule has 18 heavy (non-hydrogen) atoms. The normalized spacial score (nSPS) is 11.6. The molecule has 4 nitrogen and oxygen atoms in total. The summed E-state index contributed by atoms with van der Waals surface area (Å²) in [7, 11) is 2.79. The largest absolute Gasteiger partial charge is 0.497 e. The van der Waals surface area contributed by atoms with Crippen molar-refractivity contribution in [2.75, 3.05) is 7.11 Å². The average Bonchev–Trinajstić information content (AvgIpc) is 2.71. The Labute approximate surface area is 101 Å². The van der Waals surface area contributed by atoms with Crippen molar-refractivity contribution in [3.05, 3.63) is 30.1 Å². The Hall–Kier alpha value is -2.05. The quantitative estimate of drug-likeness (QED) is 0.829. The van der Waals surface area contributed by atoms with Gasteiger partial charge in [-0.1, -0.05) is 0 Å². The van der Waals surface area contributed by atoms with Crippen LogP contribution in [-0.4, -0.2) is 21.9 Å². The monoisotopic (exact) mass is 257 g/mol. The Balaban J connectivity index is 2.42. The van der Waals surface area contributed by atoms with E-state index in [4.69, 9.17) is 4.74 Å². The van der Waals surface area contributed by atoms with Crippen molar-refractivity contribution in [2.45, 2.75) is 6.18 Å². The van der Waals surface area contributed by atoms with E-state index < -0.39 is 12.0 Å². The van der Waals surface area contributed by atoms with Gasteiger partial charge >= 0.3 is 6.18 Å². The maximum absolute atomic E-state index is 12.6. The Morgan fingerprint density at radius 2 is 1.72 bits per heavy atom. The fourth-order valence-corrected chi connectivity index (χ4v) is 1.57. The number of benzene rings is 1. The third-order valence-electron chi connectivity index (χ3n) is 2.48. The molecule has 96 valence electrons. The van der Waals surface area contributed by atoms with Gasteiger partial charge in [0.1, 0.15) is 5.75 Å². The van der Waals surface area contributed by atoms with Crippen LogP contribution < -0.4 is 4.74 Å². The first-order chi connectivity index (χ1) is 8.43. The molecule has 0 aliphatic rings. The number of halogens is 3. The van der Waals surface area contributed by atoms with Gasteiger partial charge in [-0.05, 0) is 24.3 Å². The SMILES string of the molecule is COc1ccc(-c2nnc(C(F)(F)F)n2C)cc1. The maximum Gasteiger partial charge on any atom is 0.451 e. The maximum atomic E-state index is 12.6. The molecule has 2 aromatic rings. The predicted molar refractivity (Wildman–Crippen MR) is 58.0 cm³/mol. The summed E-state index contributed by atoms with van der Waals surface area (Å²) in [6, 6.07) is 6.56. The molecule has 0 fully saturated rings. The fourth-order valence-electron chi connectivity index (χ4n) is 1.57. The Kier molecular flexibility index (Phi) is 2.98. The lowest BCUT2D eigenvalue weighted by atomic mass is 10.2. The van der Waals surface area contributed by atoms with Crippen molar-refractivity contribution in [1.82, 2.24) is 14.8 Å². The molecule has 1 aromatic carbocycles. The molecule has 1 heterocycles. The Morgan fingerprint density at radius 1 is 1.11 bits per heavy atom. The average molecular weight is 257 g/mol. The molecule has 0 spiro atoms. The van der Waals surface area contributed by atoms with Crippen molar-refractivity contribution in [3.63, 3.8) is 0 Å². The van der Waals surface area contributed by atoms with Crippen LogP contribution in [0.2, 0.25) is 0 Å². The minimum absolute atomic E-state index is 0.157. The first-order valence-electron chi connectivity index (χ1n) is 5.04. The standard InChI is InChI=1S/C11H10F3N3O/c1-17-9(15-16-10(17)11(12,13)14)7-3-5-8(18-2)6-4-7/h3-6H,1-2H3. The molecule has 0 bridgehead atoms. The van der Waals surface area contributed by atoms with Gasteiger partial charge in [-0.3, -0.25) is 0 Å². The van der Waals surface area contributed by atoms with Gasteiger partial charge in [-0.15, -0.1) is 10.2 Å². The Morgan fingerprint density at radius 3 is 2.17 bits per heavy atom. The van der Waals surface area contributed by atoms with E-state index in [1.807, 2.05) is 0 Å². The van der Waals surface area contributed by atoms with Crippen LogP contribution in [-0.2, 0) is 13.2 Å². The van der Waals surface area contributed by atoms with Crippen molar-refractivity contribution in [3.8, 4) is 17.1 Å². The van der Waals surface area contributed by atoms with Crippen LogP contribution in [0.5, 0.6) is 5.75 Å². The minimum Gasteiger partial charge on any atom is -0.497 e. The lowest BCUT2D eigenvalue weighted by Crippen LogP contribution is -2.13. The summed E-state index contributed by atoms with van der Waals surface area (Å²) in [5.74, 6) is -0.241. The molecule has 0 unspecified atom stereocenters. The zero-order chi connectivity index (χ0) is 13.3. The van der Waals surface area contributed by atoms with Crippen LogP contribution in [0.3, 0.4) is 0 Å². The van der Waals surface area contributed by atoms with Gasteiger partial charge in [0.2, 0.25) is 5.82 Å². The van der Waals surface area contributed by atoms with E-state index in [0.717, 1.165) is 4.57 Å². The smallest absolute Gasteiger partial charge is 0.451 e. The van der Waals surface area contributed by atoms with Crippen LogP contribution in [0.1, 0.15) is 5.82 Å². The lowest BCUT2D eigenvalue weighted by molar-refractivity contribution is -0.146. The molecular formula is C11H10F3N3O. The van der Waals surface area contributed by atoms with Gasteiger partial charge in [0.25, 0.3) is 0 Å². The summed E-state index contributed by atoms with van der Waals surface area (Å²) in [6.07, 6.45) is -4.51. The first-order valence-corrected chi connectivity index (χ1v) is 5.04. The zero-order valence-electron chi connectivity index (χ0n) is 9.69. The number of ether oxygens (including phenoxy) is 1. The number of aromatic nitrogens is 3. The van der Waals surface area contributed by atoms with E-state index in [-0.39, 0.29) is 5.82 Å². The molecule has 0 N–H and O–H groups in total. The number of hydrogen-bond donors (Lipinski definition) is 0. The van der Waals surface area contributed by atoms with Crippen molar-refractivity contribution in [1.29, 1.82) is 0 Å². The van der Waals surface area contributed by atoms with Gasteiger partial charge in [-0.2, -0.15) is 13.2 Å². The number of nitrogens with zero attached hydrogens (tertiary/aromatic N) is 3. The summed E-state index contributed by atoms with van der Waals surface area (Å²) >= 11 is 0. The minimum atomic E-state index is -4.51. The fraction of sp³-hybridized carbons (Fsp3) is 0.273. The second-order valence-corrected chi connectivity index (χ2v) is 3.63. The van der Waals surface area contributed by atoms with Crippen molar-refractivity contribution < 1.29 is 17.9 Å². The highest BCUT2D eigenvalue weighted by molar-refractivity contribution is 5.56. The molecule has 2 rings (SSSR count). The summed E-state index contributed by atoms with van der Waals surface area (Å²) < 4.78 is 43.5. The van der Waals surface area contributed by atoms with E-state index >= 15 is 0 Å². The van der Waals surface area contributed by atoms with Crippen LogP contribution in [0.25, 0.3) is 11.4 Å². The van der Waals surface area contributed by atoms with Gasteiger partial charge in [0.05, 0.1) is 7.11 Å². The third-order valence-corrected chi connectivity index (χ3v) is 2.48. The van der Waals surface area contributed by atoms with Crippen molar-refractivity contribution >= 4 is 0 Å². The highest BCUT2D eigenvalue weighted by atomic mass is 19.4. The molecule has 0 amide bonds. The summed E-state index contributed by atoms with van der Waals surface area (Å²) in [5, 5.41) is 6.72. The molecular weight excluding hydrogens is 247 g/mol. The van der Waals surface area contributed by atoms with Gasteiger partial charge in [0.15, 0.2) is 5.82 Å². The van der Waals surface area contributed by atoms with Crippen molar-refractivity contribution in [2.24, 2.45) is 7.05 Å². The number of hydrogen-bond acceptors (Lipinski definition) is 3. The third kappa shape index (κ3) is 2.15. The summed E-state index contributed by atoms with van der Waals surface area (Å²) in [4.78, 5) is 0. The zero-order valence-corrected chi connectivity index (χ0v) is 9.69. The molecule has 0 aliphatic heterocycles. The molecule has 0 radical (unpaired) electrons. The van der Waals surface area contributed by atoms with Gasteiger partial charge < -0.3 is 9.30 Å². The molecule has 0 saturated carbocycles. The molecule has 0 saturated heterocycles. The van der Waals surface area contributed by atoms with E-state index in [2.05, 4.69) is 10.2 Å². The van der Waals surface area contributed by atoms with E-state index in [9.17, 15) is 13.2 Å². The highest BCUT2D eigenvalue weighted by Crippen LogP contribution is 2.30. The number of alkyl halides is 3. The second-order valence-electron chi connectivity index (χ2n) is 3.63. The van der Waals surface area contributed by atoms with E-state index in [1.54, 1.807) is 24.3 Å². The van der Waals surface area contributed by atoms with Crippen LogP contribution in [0.15, 0.2) is 24.3 Å². The lowest BCUT2D eigenvalue weighted by Gasteiger charge is -2.07. The van der Waals surface area contributed by atoms with Crippen LogP contribution in [0.4, 0.5) is 13.2 Å². The number of methoxy groups -OCH3 is 1. The van der Waals surface area contributed by atoms with Crippen LogP contribution in [0, 0.1) is 0 Å². The summed E-state index contributed by atoms with van der Waals surface area (Å²) in [5.41, 5.74) is 0.543. The second kappa shape index (κ2) is 4.32. The first kappa shape index (κ1) is 12.4.